The minimum atomic E-state index is 0.0173. The monoisotopic (exact) mass is 308 g/mol. The van der Waals surface area contributed by atoms with Gasteiger partial charge in [-0.2, -0.15) is 0 Å². The molecule has 2 aliphatic rings. The maximum absolute atomic E-state index is 6.54. The van der Waals surface area contributed by atoms with E-state index in [1.54, 1.807) is 0 Å². The maximum Gasteiger partial charge on any atom is 0.127 e. The van der Waals surface area contributed by atoms with Crippen LogP contribution in [-0.4, -0.2) is 35.3 Å². The molecule has 120 valence electrons. The molecule has 0 aromatic rings. The first-order chi connectivity index (χ1) is 9.71. The van der Waals surface area contributed by atoms with Gasteiger partial charge in [0.15, 0.2) is 0 Å². The van der Waals surface area contributed by atoms with E-state index in [9.17, 15) is 0 Å². The summed E-state index contributed by atoms with van der Waals surface area (Å²) < 4.78 is 0. The third-order valence-corrected chi connectivity index (χ3v) is 5.93. The molecular weight excluding hydrogens is 275 g/mol. The summed E-state index contributed by atoms with van der Waals surface area (Å²) in [5.74, 6) is 2.02. The number of nitrogens with two attached hydrogens (primary N) is 1. The highest BCUT2D eigenvalue weighted by atomic mass is 32.1. The average Bonchev–Trinajstić information content (AvgIpc) is 2.46. The van der Waals surface area contributed by atoms with Crippen LogP contribution < -0.4 is 5.73 Å². The van der Waals surface area contributed by atoms with Crippen LogP contribution in [0.2, 0.25) is 0 Å². The van der Waals surface area contributed by atoms with Crippen molar-refractivity contribution in [2.45, 2.75) is 83.7 Å². The van der Waals surface area contributed by atoms with E-state index >= 15 is 0 Å². The quantitative estimate of drug-likeness (QED) is 0.642. The first-order valence-electron chi connectivity index (χ1n) is 8.82. The first kappa shape index (κ1) is 17.3. The Hall–Kier alpha value is -0.0851. The lowest BCUT2D eigenvalue weighted by Gasteiger charge is -2.49. The first-order valence-corrected chi connectivity index (χ1v) is 9.23. The van der Waals surface area contributed by atoms with Crippen LogP contribution in [-0.2, 0) is 0 Å². The molecular formula is C17H33BN2S. The summed E-state index contributed by atoms with van der Waals surface area (Å²) in [6.07, 6.45) is 7.33. The van der Waals surface area contributed by atoms with Gasteiger partial charge in [0, 0.05) is 18.0 Å². The molecule has 4 atom stereocenters. The lowest BCUT2D eigenvalue weighted by molar-refractivity contribution is 0.123. The molecule has 0 spiro atoms. The molecule has 1 aliphatic carbocycles. The van der Waals surface area contributed by atoms with Gasteiger partial charge in [-0.25, -0.2) is 0 Å². The highest BCUT2D eigenvalue weighted by Gasteiger charge is 2.43. The van der Waals surface area contributed by atoms with Gasteiger partial charge in [-0.15, -0.1) is 0 Å². The smallest absolute Gasteiger partial charge is 0.127 e. The summed E-state index contributed by atoms with van der Waals surface area (Å²) >= 11 is 5.91. The predicted molar refractivity (Wildman–Crippen MR) is 98.3 cm³/mol. The van der Waals surface area contributed by atoms with Gasteiger partial charge in [-0.3, -0.25) is 0 Å². The average molecular weight is 308 g/mol. The van der Waals surface area contributed by atoms with Crippen LogP contribution in [0.5, 0.6) is 0 Å². The van der Waals surface area contributed by atoms with Crippen molar-refractivity contribution in [3.05, 3.63) is 0 Å². The molecule has 2 N–H and O–H groups in total. The zero-order valence-electron chi connectivity index (χ0n) is 14.6. The zero-order chi connectivity index (χ0) is 15.8. The van der Waals surface area contributed by atoms with E-state index in [2.05, 4.69) is 40.4 Å². The lowest BCUT2D eigenvalue weighted by atomic mass is 9.67. The molecule has 1 saturated heterocycles. The minimum absolute atomic E-state index is 0.0173. The Labute approximate surface area is 137 Å². The van der Waals surface area contributed by atoms with E-state index in [1.807, 2.05) is 0 Å². The fraction of sp³-hybridized carbons (Fsp3) is 0.941. The predicted octanol–water partition coefficient (Wildman–Crippen LogP) is 2.94. The van der Waals surface area contributed by atoms with Crippen LogP contribution in [0.4, 0.5) is 0 Å². The molecule has 0 radical (unpaired) electrons. The number of piperidine rings is 1. The molecule has 1 heterocycles. The van der Waals surface area contributed by atoms with E-state index in [1.165, 1.54) is 30.7 Å². The molecule has 0 aromatic carbocycles. The fourth-order valence-corrected chi connectivity index (χ4v) is 5.18. The fourth-order valence-electron chi connectivity index (χ4n) is 4.64. The van der Waals surface area contributed by atoms with Gasteiger partial charge in [-0.05, 0) is 63.2 Å². The Balaban J connectivity index is 2.25. The van der Waals surface area contributed by atoms with Gasteiger partial charge in [0.05, 0.1) is 4.99 Å². The van der Waals surface area contributed by atoms with Crippen molar-refractivity contribution in [1.82, 2.24) is 4.90 Å². The molecule has 2 nitrogen and oxygen atoms in total. The molecule has 0 aromatic heterocycles. The summed E-state index contributed by atoms with van der Waals surface area (Å²) in [5, 5.41) is 0. The van der Waals surface area contributed by atoms with Crippen molar-refractivity contribution in [1.29, 1.82) is 0 Å². The van der Waals surface area contributed by atoms with Crippen LogP contribution in [0.1, 0.15) is 66.2 Å². The highest BCUT2D eigenvalue weighted by Crippen LogP contribution is 2.42. The van der Waals surface area contributed by atoms with Crippen LogP contribution >= 0.6 is 12.2 Å². The largest absolute Gasteiger partial charge is 0.360 e. The molecule has 1 aliphatic heterocycles. The molecule has 4 heteroatoms. The standard InChI is InChI=1S/C17H33BN2S/c1-11(2)8-13-9-14-10-17(18,19)7-5-6-15(14)20(12(3)4)16(13)21/h11-15H,5-10,18-19H2,1-4H3. The van der Waals surface area contributed by atoms with E-state index < -0.39 is 0 Å². The van der Waals surface area contributed by atoms with Crippen molar-refractivity contribution < 1.29 is 0 Å². The number of rotatable bonds is 3. The second-order valence-electron chi connectivity index (χ2n) is 8.48. The van der Waals surface area contributed by atoms with Crippen LogP contribution in [0.15, 0.2) is 0 Å². The molecule has 0 bridgehead atoms. The summed E-state index contributed by atoms with van der Waals surface area (Å²) in [7, 11) is 2.25. The van der Waals surface area contributed by atoms with E-state index in [-0.39, 0.29) is 5.44 Å². The second-order valence-corrected chi connectivity index (χ2v) is 8.90. The van der Waals surface area contributed by atoms with Gasteiger partial charge in [-0.1, -0.05) is 32.5 Å². The van der Waals surface area contributed by atoms with Crippen molar-refractivity contribution in [3.8, 4) is 0 Å². The van der Waals surface area contributed by atoms with E-state index in [0.717, 1.165) is 18.8 Å². The molecule has 2 fully saturated rings. The Morgan fingerprint density at radius 1 is 1.38 bits per heavy atom. The van der Waals surface area contributed by atoms with Crippen LogP contribution in [0.25, 0.3) is 0 Å². The Bertz CT molecular complexity index is 381. The number of hydrogen-bond acceptors (Lipinski definition) is 2. The molecule has 4 unspecified atom stereocenters. The highest BCUT2D eigenvalue weighted by molar-refractivity contribution is 7.80. The van der Waals surface area contributed by atoms with E-state index in [0.29, 0.717) is 23.9 Å². The third-order valence-electron chi connectivity index (χ3n) is 5.38. The van der Waals surface area contributed by atoms with Gasteiger partial charge in [0.2, 0.25) is 0 Å². The molecule has 2 rings (SSSR count). The van der Waals surface area contributed by atoms with Crippen molar-refractivity contribution in [3.63, 3.8) is 0 Å². The van der Waals surface area contributed by atoms with E-state index in [4.69, 9.17) is 18.0 Å². The van der Waals surface area contributed by atoms with Crippen LogP contribution in [0, 0.1) is 17.8 Å². The number of nitrogens with zero attached hydrogens (tertiary/aromatic N) is 1. The summed E-state index contributed by atoms with van der Waals surface area (Å²) in [4.78, 5) is 3.82. The van der Waals surface area contributed by atoms with Crippen molar-refractivity contribution in [2.75, 3.05) is 0 Å². The number of hydrogen-bond donors (Lipinski definition) is 1. The molecule has 1 saturated carbocycles. The zero-order valence-corrected chi connectivity index (χ0v) is 15.4. The third kappa shape index (κ3) is 4.01. The Kier molecular flexibility index (Phi) is 5.41. The Morgan fingerprint density at radius 3 is 2.62 bits per heavy atom. The van der Waals surface area contributed by atoms with Crippen molar-refractivity contribution >= 4 is 25.1 Å². The summed E-state index contributed by atoms with van der Waals surface area (Å²) in [5.41, 5.74) is 6.55. The Morgan fingerprint density at radius 2 is 2.05 bits per heavy atom. The lowest BCUT2D eigenvalue weighted by Crippen LogP contribution is -2.55. The van der Waals surface area contributed by atoms with Gasteiger partial charge < -0.3 is 10.6 Å². The van der Waals surface area contributed by atoms with Gasteiger partial charge in [0.25, 0.3) is 0 Å². The number of thiocarbonyl (C=S) groups is 1. The normalized spacial score (nSPS) is 37.8. The topological polar surface area (TPSA) is 29.3 Å². The van der Waals surface area contributed by atoms with Gasteiger partial charge >= 0.3 is 0 Å². The summed E-state index contributed by atoms with van der Waals surface area (Å²) in [6.45, 7) is 9.23. The minimum Gasteiger partial charge on any atom is -0.360 e. The maximum atomic E-state index is 6.54. The van der Waals surface area contributed by atoms with Crippen molar-refractivity contribution in [2.24, 2.45) is 23.5 Å². The number of likely N-dealkylation sites (tertiary alicyclic amines) is 1. The van der Waals surface area contributed by atoms with Gasteiger partial charge in [0.1, 0.15) is 7.85 Å². The van der Waals surface area contributed by atoms with Crippen LogP contribution in [0.3, 0.4) is 0 Å². The number of fused-ring (bicyclic) bond motifs is 1. The second kappa shape index (κ2) is 6.58. The summed E-state index contributed by atoms with van der Waals surface area (Å²) in [6, 6.07) is 1.15. The molecule has 21 heavy (non-hydrogen) atoms. The SMILES string of the molecule is BC1(N)CCCC2C(CC(CC(C)C)C(=S)N2C(C)C)C1. The molecule has 0 amide bonds.